The Morgan fingerprint density at radius 3 is 2.67 bits per heavy atom. The minimum Gasteiger partial charge on any atom is -0.347 e. The molecule has 0 aliphatic carbocycles. The summed E-state index contributed by atoms with van der Waals surface area (Å²) in [7, 11) is 2.12. The van der Waals surface area contributed by atoms with Crippen LogP contribution in [0.15, 0.2) is 24.3 Å². The van der Waals surface area contributed by atoms with E-state index in [1.165, 1.54) is 22.2 Å². The largest absolute Gasteiger partial charge is 0.347 e. The van der Waals surface area contributed by atoms with E-state index in [0.717, 1.165) is 0 Å². The highest BCUT2D eigenvalue weighted by Crippen LogP contribution is 2.26. The van der Waals surface area contributed by atoms with Crippen LogP contribution in [0.4, 0.5) is 0 Å². The van der Waals surface area contributed by atoms with Gasteiger partial charge in [-0.1, -0.05) is 32.0 Å². The fraction of sp³-hybridized carbons (Fsp3) is 0.385. The van der Waals surface area contributed by atoms with Gasteiger partial charge >= 0.3 is 0 Å². The Bertz CT molecular complexity index is 480. The van der Waals surface area contributed by atoms with Crippen molar-refractivity contribution in [1.29, 1.82) is 0 Å². The summed E-state index contributed by atoms with van der Waals surface area (Å²) in [4.78, 5) is 0. The predicted octanol–water partition coefficient (Wildman–Crippen LogP) is 2.76. The van der Waals surface area contributed by atoms with Crippen molar-refractivity contribution < 1.29 is 0 Å². The summed E-state index contributed by atoms with van der Waals surface area (Å²) in [5, 5.41) is 1.30. The minimum absolute atomic E-state index is 0.549. The Balaban J connectivity index is 2.77. The van der Waals surface area contributed by atoms with Crippen LogP contribution in [0.5, 0.6) is 0 Å². The number of nitrogens with two attached hydrogens (primary N) is 1. The standard InChI is InChI=1S/C13H18N2/c1-9(2)12-7-10-5-4-6-11(8-14)13(10)15(12)3/h4-7,9H,8,14H2,1-3H3. The summed E-state index contributed by atoms with van der Waals surface area (Å²) in [6.07, 6.45) is 0. The van der Waals surface area contributed by atoms with Gasteiger partial charge in [0.25, 0.3) is 0 Å². The van der Waals surface area contributed by atoms with Gasteiger partial charge in [0.1, 0.15) is 0 Å². The zero-order valence-corrected chi connectivity index (χ0v) is 9.62. The van der Waals surface area contributed by atoms with Crippen molar-refractivity contribution in [3.63, 3.8) is 0 Å². The van der Waals surface area contributed by atoms with Crippen LogP contribution >= 0.6 is 0 Å². The zero-order valence-electron chi connectivity index (χ0n) is 9.62. The molecule has 0 fully saturated rings. The van der Waals surface area contributed by atoms with Gasteiger partial charge in [0.05, 0.1) is 5.52 Å². The second-order valence-electron chi connectivity index (χ2n) is 4.34. The average molecular weight is 202 g/mol. The number of aryl methyl sites for hydroxylation is 1. The van der Waals surface area contributed by atoms with E-state index in [0.29, 0.717) is 12.5 Å². The van der Waals surface area contributed by atoms with Gasteiger partial charge in [0.2, 0.25) is 0 Å². The second-order valence-corrected chi connectivity index (χ2v) is 4.34. The third-order valence-electron chi connectivity index (χ3n) is 2.99. The molecular formula is C13H18N2. The van der Waals surface area contributed by atoms with Crippen molar-refractivity contribution in [2.24, 2.45) is 12.8 Å². The van der Waals surface area contributed by atoms with E-state index >= 15 is 0 Å². The normalized spacial score (nSPS) is 11.5. The summed E-state index contributed by atoms with van der Waals surface area (Å²) in [6, 6.07) is 8.60. The van der Waals surface area contributed by atoms with Crippen molar-refractivity contribution in [2.75, 3.05) is 0 Å². The van der Waals surface area contributed by atoms with Crippen LogP contribution in [-0.2, 0) is 13.6 Å². The van der Waals surface area contributed by atoms with Gasteiger partial charge in [-0.05, 0) is 17.5 Å². The monoisotopic (exact) mass is 202 g/mol. The van der Waals surface area contributed by atoms with Gasteiger partial charge in [-0.25, -0.2) is 0 Å². The Labute approximate surface area is 90.7 Å². The topological polar surface area (TPSA) is 30.9 Å². The molecule has 1 heterocycles. The van der Waals surface area contributed by atoms with Crippen molar-refractivity contribution in [3.8, 4) is 0 Å². The first-order valence-electron chi connectivity index (χ1n) is 5.42. The lowest BCUT2D eigenvalue weighted by Crippen LogP contribution is -2.02. The summed E-state index contributed by atoms with van der Waals surface area (Å²) in [5.74, 6) is 0.549. The van der Waals surface area contributed by atoms with Crippen LogP contribution in [-0.4, -0.2) is 4.57 Å². The van der Waals surface area contributed by atoms with Crippen LogP contribution in [0.2, 0.25) is 0 Å². The molecular weight excluding hydrogens is 184 g/mol. The van der Waals surface area contributed by atoms with E-state index in [1.807, 2.05) is 0 Å². The Morgan fingerprint density at radius 2 is 2.07 bits per heavy atom. The maximum Gasteiger partial charge on any atom is 0.0525 e. The highest BCUT2D eigenvalue weighted by atomic mass is 15.0. The Kier molecular flexibility index (Phi) is 2.53. The predicted molar refractivity (Wildman–Crippen MR) is 64.9 cm³/mol. The van der Waals surface area contributed by atoms with Gasteiger partial charge in [0.15, 0.2) is 0 Å². The van der Waals surface area contributed by atoms with E-state index in [4.69, 9.17) is 5.73 Å². The molecule has 15 heavy (non-hydrogen) atoms. The van der Waals surface area contributed by atoms with Gasteiger partial charge in [-0.3, -0.25) is 0 Å². The van der Waals surface area contributed by atoms with Gasteiger partial charge in [-0.2, -0.15) is 0 Å². The summed E-state index contributed by atoms with van der Waals surface area (Å²) < 4.78 is 2.27. The molecule has 0 radical (unpaired) electrons. The van der Waals surface area contributed by atoms with Crippen LogP contribution < -0.4 is 5.73 Å². The van der Waals surface area contributed by atoms with Crippen LogP contribution in [0.1, 0.15) is 31.0 Å². The number of rotatable bonds is 2. The Morgan fingerprint density at radius 1 is 1.33 bits per heavy atom. The first-order chi connectivity index (χ1) is 7.15. The lowest BCUT2D eigenvalue weighted by Gasteiger charge is -2.08. The molecule has 0 atom stereocenters. The molecule has 0 aliphatic rings. The number of nitrogens with zero attached hydrogens (tertiary/aromatic N) is 1. The molecule has 2 N–H and O–H groups in total. The highest BCUT2D eigenvalue weighted by molar-refractivity contribution is 5.84. The third-order valence-corrected chi connectivity index (χ3v) is 2.99. The van der Waals surface area contributed by atoms with E-state index in [1.54, 1.807) is 0 Å². The molecule has 0 saturated heterocycles. The lowest BCUT2D eigenvalue weighted by atomic mass is 10.1. The van der Waals surface area contributed by atoms with E-state index in [2.05, 4.69) is 49.7 Å². The van der Waals surface area contributed by atoms with Crippen LogP contribution in [0, 0.1) is 0 Å². The van der Waals surface area contributed by atoms with Gasteiger partial charge in [-0.15, -0.1) is 0 Å². The maximum atomic E-state index is 5.76. The van der Waals surface area contributed by atoms with Crippen molar-refractivity contribution in [3.05, 3.63) is 35.5 Å². The number of fused-ring (bicyclic) bond motifs is 1. The first-order valence-corrected chi connectivity index (χ1v) is 5.42. The number of hydrogen-bond donors (Lipinski definition) is 1. The van der Waals surface area contributed by atoms with E-state index < -0.39 is 0 Å². The van der Waals surface area contributed by atoms with E-state index in [9.17, 15) is 0 Å². The lowest BCUT2D eigenvalue weighted by molar-refractivity contribution is 0.753. The zero-order chi connectivity index (χ0) is 11.0. The van der Waals surface area contributed by atoms with Crippen molar-refractivity contribution in [1.82, 2.24) is 4.57 Å². The summed E-state index contributed by atoms with van der Waals surface area (Å²) in [5.41, 5.74) is 9.63. The molecule has 1 aromatic heterocycles. The molecule has 2 rings (SSSR count). The maximum absolute atomic E-state index is 5.76. The van der Waals surface area contributed by atoms with Gasteiger partial charge < -0.3 is 10.3 Å². The SMILES string of the molecule is CC(C)c1cc2cccc(CN)c2n1C. The molecule has 2 aromatic rings. The molecule has 0 unspecified atom stereocenters. The summed E-state index contributed by atoms with van der Waals surface area (Å²) in [6.45, 7) is 5.04. The van der Waals surface area contributed by atoms with Crippen LogP contribution in [0.25, 0.3) is 10.9 Å². The van der Waals surface area contributed by atoms with Gasteiger partial charge in [0, 0.05) is 24.7 Å². The third kappa shape index (κ3) is 1.55. The first kappa shape index (κ1) is 10.2. The highest BCUT2D eigenvalue weighted by Gasteiger charge is 2.10. The van der Waals surface area contributed by atoms with Crippen LogP contribution in [0.3, 0.4) is 0 Å². The van der Waals surface area contributed by atoms with E-state index in [-0.39, 0.29) is 0 Å². The average Bonchev–Trinajstić information content (AvgIpc) is 2.56. The molecule has 80 valence electrons. The number of aromatic nitrogens is 1. The Hall–Kier alpha value is -1.28. The molecule has 0 saturated carbocycles. The fourth-order valence-electron chi connectivity index (χ4n) is 2.24. The van der Waals surface area contributed by atoms with Crippen molar-refractivity contribution >= 4 is 10.9 Å². The molecule has 0 amide bonds. The molecule has 1 aromatic carbocycles. The second kappa shape index (κ2) is 3.70. The smallest absolute Gasteiger partial charge is 0.0525 e. The molecule has 2 heteroatoms. The van der Waals surface area contributed by atoms with Crippen molar-refractivity contribution in [2.45, 2.75) is 26.3 Å². The minimum atomic E-state index is 0.549. The molecule has 2 nitrogen and oxygen atoms in total. The number of hydrogen-bond acceptors (Lipinski definition) is 1. The number of para-hydroxylation sites is 1. The fourth-order valence-corrected chi connectivity index (χ4v) is 2.24. The summed E-state index contributed by atoms with van der Waals surface area (Å²) >= 11 is 0. The molecule has 0 aliphatic heterocycles. The molecule has 0 bridgehead atoms. The number of benzene rings is 1. The quantitative estimate of drug-likeness (QED) is 0.797. The molecule has 0 spiro atoms.